The molecule has 0 aromatic carbocycles. The van der Waals surface area contributed by atoms with Crippen molar-refractivity contribution < 1.29 is 26.3 Å². The largest absolute Gasteiger partial charge is 0.447 e. The maximum atomic E-state index is 12.2. The first kappa shape index (κ1) is 13.9. The van der Waals surface area contributed by atoms with Gasteiger partial charge in [-0.2, -0.15) is 26.3 Å². The molecule has 0 aliphatic rings. The van der Waals surface area contributed by atoms with Crippen LogP contribution in [-0.4, -0.2) is 10.5 Å². The Morgan fingerprint density at radius 3 is 2.06 bits per heavy atom. The van der Waals surface area contributed by atoms with Gasteiger partial charge in [-0.3, -0.25) is 0 Å². The van der Waals surface area contributed by atoms with Gasteiger partial charge in [-0.1, -0.05) is 0 Å². The lowest BCUT2D eigenvalue weighted by Gasteiger charge is -2.10. The van der Waals surface area contributed by atoms with E-state index in [1.807, 2.05) is 0 Å². The quantitative estimate of drug-likeness (QED) is 0.413. The molecule has 0 saturated heterocycles. The van der Waals surface area contributed by atoms with Gasteiger partial charge < -0.3 is 0 Å². The van der Waals surface area contributed by atoms with Crippen LogP contribution in [0.3, 0.4) is 0 Å². The summed E-state index contributed by atoms with van der Waals surface area (Å²) >= 11 is 0.773. The Kier molecular flexibility index (Phi) is 3.98. The molecule has 1 nitrogen and oxygen atoms in total. The van der Waals surface area contributed by atoms with Crippen LogP contribution in [0.5, 0.6) is 0 Å². The molecule has 16 heavy (non-hydrogen) atoms. The van der Waals surface area contributed by atoms with Gasteiger partial charge in [0.15, 0.2) is 0 Å². The predicted octanol–water partition coefficient (Wildman–Crippen LogP) is 4.32. The first-order valence-corrected chi connectivity index (χ1v) is 5.47. The fourth-order valence-electron chi connectivity index (χ4n) is 0.796. The van der Waals surface area contributed by atoms with Crippen molar-refractivity contribution in [2.24, 2.45) is 0 Å². The molecule has 0 aliphatic heterocycles. The molecule has 0 unspecified atom stereocenters. The Morgan fingerprint density at radius 1 is 1.12 bits per heavy atom. The van der Waals surface area contributed by atoms with E-state index in [0.717, 1.165) is 6.07 Å². The van der Waals surface area contributed by atoms with E-state index in [1.165, 1.54) is 22.6 Å². The summed E-state index contributed by atoms with van der Waals surface area (Å²) in [6.45, 7) is 0. The van der Waals surface area contributed by atoms with Gasteiger partial charge in [-0.05, 0) is 28.7 Å². The van der Waals surface area contributed by atoms with E-state index in [0.29, 0.717) is 6.20 Å². The second kappa shape index (κ2) is 4.59. The molecular formula is C7H2F6INS. The predicted molar refractivity (Wildman–Crippen MR) is 53.9 cm³/mol. The summed E-state index contributed by atoms with van der Waals surface area (Å²) in [7, 11) is 0. The number of rotatable bonds is 1. The lowest BCUT2D eigenvalue weighted by Crippen LogP contribution is -2.09. The molecule has 1 rings (SSSR count). The van der Waals surface area contributed by atoms with Crippen molar-refractivity contribution in [3.05, 3.63) is 21.4 Å². The zero-order valence-corrected chi connectivity index (χ0v) is 10.1. The third-order valence-electron chi connectivity index (χ3n) is 1.35. The molecule has 0 fully saturated rings. The summed E-state index contributed by atoms with van der Waals surface area (Å²) in [5.74, 6) is 0. The molecule has 0 saturated carbocycles. The lowest BCUT2D eigenvalue weighted by molar-refractivity contribution is -0.138. The van der Waals surface area contributed by atoms with E-state index in [4.69, 9.17) is 0 Å². The van der Waals surface area contributed by atoms with Crippen LogP contribution in [0.2, 0.25) is 0 Å². The Hall–Kier alpha value is -0.190. The number of nitrogens with zero attached hydrogens (tertiary/aromatic N) is 1. The maximum absolute atomic E-state index is 12.2. The number of alkyl halides is 6. The van der Waals surface area contributed by atoms with Gasteiger partial charge in [0.2, 0.25) is 0 Å². The second-order valence-corrected chi connectivity index (χ2v) is 4.80. The second-order valence-electron chi connectivity index (χ2n) is 2.55. The van der Waals surface area contributed by atoms with Crippen LogP contribution in [0.1, 0.15) is 5.56 Å². The van der Waals surface area contributed by atoms with Crippen molar-refractivity contribution >= 4 is 34.4 Å². The Balaban J connectivity index is 3.01. The normalized spacial score (nSPS) is 12.9. The molecule has 0 amide bonds. The summed E-state index contributed by atoms with van der Waals surface area (Å²) < 4.78 is 72.1. The van der Waals surface area contributed by atoms with Gasteiger partial charge in [0.05, 0.1) is 5.56 Å². The highest BCUT2D eigenvalue weighted by atomic mass is 127. The molecular weight excluding hydrogens is 371 g/mol. The Bertz CT molecular complexity index is 387. The summed E-state index contributed by atoms with van der Waals surface area (Å²) in [5.41, 5.74) is -5.60. The Labute approximate surface area is 104 Å². The van der Waals surface area contributed by atoms with Crippen LogP contribution in [0.15, 0.2) is 17.3 Å². The highest BCUT2D eigenvalue weighted by Crippen LogP contribution is 2.38. The van der Waals surface area contributed by atoms with Crippen LogP contribution < -0.4 is 0 Å². The number of pyridine rings is 1. The molecule has 0 aliphatic carbocycles. The number of aromatic nitrogens is 1. The lowest BCUT2D eigenvalue weighted by atomic mass is 10.3. The third-order valence-corrected chi connectivity index (χ3v) is 2.91. The fraction of sp³-hybridized carbons (Fsp3) is 0.286. The third kappa shape index (κ3) is 4.00. The van der Waals surface area contributed by atoms with Crippen LogP contribution in [0.25, 0.3) is 0 Å². The van der Waals surface area contributed by atoms with Crippen LogP contribution in [0, 0.1) is 3.57 Å². The Morgan fingerprint density at radius 2 is 1.69 bits per heavy atom. The smallest absolute Gasteiger partial charge is 0.249 e. The number of hydrogen-bond acceptors (Lipinski definition) is 2. The first-order chi connectivity index (χ1) is 7.09. The van der Waals surface area contributed by atoms with Crippen molar-refractivity contribution in [1.29, 1.82) is 0 Å². The minimum absolute atomic E-state index is 0.313. The van der Waals surface area contributed by atoms with Crippen molar-refractivity contribution in [3.63, 3.8) is 0 Å². The van der Waals surface area contributed by atoms with E-state index in [9.17, 15) is 26.3 Å². The molecule has 0 atom stereocenters. The van der Waals surface area contributed by atoms with E-state index < -0.39 is 34.0 Å². The molecule has 0 spiro atoms. The molecule has 1 aromatic rings. The zero-order valence-electron chi connectivity index (χ0n) is 7.16. The summed E-state index contributed by atoms with van der Waals surface area (Å²) in [6, 6.07) is 0.752. The average Bonchev–Trinajstić information content (AvgIpc) is 1.97. The van der Waals surface area contributed by atoms with Crippen molar-refractivity contribution in [3.8, 4) is 0 Å². The van der Waals surface area contributed by atoms with Gasteiger partial charge in [-0.15, -0.1) is 0 Å². The SMILES string of the molecule is FC(F)(F)Sc1cc(I)c(C(F)(F)F)cn1. The number of hydrogen-bond donors (Lipinski definition) is 0. The average molecular weight is 373 g/mol. The van der Waals surface area contributed by atoms with Gasteiger partial charge in [0, 0.05) is 21.5 Å². The van der Waals surface area contributed by atoms with E-state index >= 15 is 0 Å². The van der Waals surface area contributed by atoms with Gasteiger partial charge in [-0.25, -0.2) is 4.98 Å². The molecule has 90 valence electrons. The highest BCUT2D eigenvalue weighted by Gasteiger charge is 2.35. The summed E-state index contributed by atoms with van der Waals surface area (Å²) in [6.07, 6.45) is -4.21. The monoisotopic (exact) mass is 373 g/mol. The van der Waals surface area contributed by atoms with Crippen molar-refractivity contribution in [2.75, 3.05) is 0 Å². The topological polar surface area (TPSA) is 12.9 Å². The molecule has 0 bridgehead atoms. The molecule has 0 N–H and O–H groups in total. The zero-order chi connectivity index (χ0) is 12.6. The number of thioether (sulfide) groups is 1. The van der Waals surface area contributed by atoms with Crippen LogP contribution in [-0.2, 0) is 6.18 Å². The minimum atomic E-state index is -4.61. The highest BCUT2D eigenvalue weighted by molar-refractivity contribution is 14.1. The summed E-state index contributed by atoms with van der Waals surface area (Å²) in [5, 5.41) is -0.509. The van der Waals surface area contributed by atoms with Gasteiger partial charge >= 0.3 is 11.7 Å². The standard InChI is InChI=1S/C7H2F6INS/c8-6(9,10)3-2-15-5(1-4(3)14)16-7(11,12)13/h1-2H. The molecule has 9 heteroatoms. The van der Waals surface area contributed by atoms with Crippen LogP contribution >= 0.6 is 34.4 Å². The number of halogens is 7. The molecule has 1 heterocycles. The van der Waals surface area contributed by atoms with E-state index in [1.54, 1.807) is 0 Å². The van der Waals surface area contributed by atoms with Gasteiger partial charge in [0.25, 0.3) is 0 Å². The first-order valence-electron chi connectivity index (χ1n) is 3.58. The fourth-order valence-corrected chi connectivity index (χ4v) is 2.27. The minimum Gasteiger partial charge on any atom is -0.249 e. The molecule has 1 aromatic heterocycles. The van der Waals surface area contributed by atoms with Gasteiger partial charge in [0.1, 0.15) is 5.03 Å². The maximum Gasteiger partial charge on any atom is 0.447 e. The van der Waals surface area contributed by atoms with E-state index in [2.05, 4.69) is 4.98 Å². The molecule has 0 radical (unpaired) electrons. The van der Waals surface area contributed by atoms with E-state index in [-0.39, 0.29) is 3.57 Å². The summed E-state index contributed by atoms with van der Waals surface area (Å²) in [4.78, 5) is 3.11. The van der Waals surface area contributed by atoms with Crippen molar-refractivity contribution in [1.82, 2.24) is 4.98 Å². The van der Waals surface area contributed by atoms with Crippen molar-refractivity contribution in [2.45, 2.75) is 16.7 Å². The van der Waals surface area contributed by atoms with Crippen LogP contribution in [0.4, 0.5) is 26.3 Å².